The number of nitrogens with one attached hydrogen (secondary N) is 2. The highest BCUT2D eigenvalue weighted by atomic mass is 16.2. The van der Waals surface area contributed by atoms with E-state index in [1.165, 1.54) is 6.92 Å². The molecule has 5 heteroatoms. The molecule has 2 amide bonds. The summed E-state index contributed by atoms with van der Waals surface area (Å²) in [5.74, 6) is -0.242. The topological polar surface area (TPSA) is 71.1 Å². The zero-order valence-corrected chi connectivity index (χ0v) is 12.5. The van der Waals surface area contributed by atoms with Crippen molar-refractivity contribution in [1.82, 2.24) is 10.3 Å². The number of carbonyl (C=O) groups excluding carboxylic acids is 2. The van der Waals surface area contributed by atoms with E-state index in [4.69, 9.17) is 0 Å². The number of aromatic nitrogens is 1. The second-order valence-corrected chi connectivity index (χ2v) is 4.98. The Bertz CT molecular complexity index is 624. The van der Waals surface area contributed by atoms with Crippen LogP contribution in [0.3, 0.4) is 0 Å². The summed E-state index contributed by atoms with van der Waals surface area (Å²) in [5, 5.41) is 5.55. The van der Waals surface area contributed by atoms with Crippen LogP contribution in [-0.2, 0) is 11.2 Å². The van der Waals surface area contributed by atoms with Crippen molar-refractivity contribution >= 4 is 17.5 Å². The summed E-state index contributed by atoms with van der Waals surface area (Å²) in [6.07, 6.45) is 5.33. The third-order valence-corrected chi connectivity index (χ3v) is 3.12. The maximum absolute atomic E-state index is 12.0. The van der Waals surface area contributed by atoms with E-state index in [0.717, 1.165) is 18.4 Å². The minimum atomic E-state index is -0.132. The number of nitrogens with zero attached hydrogens (tertiary/aromatic N) is 1. The monoisotopic (exact) mass is 297 g/mol. The number of aryl methyl sites for hydroxylation is 1. The molecule has 0 radical (unpaired) electrons. The summed E-state index contributed by atoms with van der Waals surface area (Å²) >= 11 is 0. The van der Waals surface area contributed by atoms with Crippen LogP contribution in [0.2, 0.25) is 0 Å². The predicted molar refractivity (Wildman–Crippen MR) is 85.6 cm³/mol. The fourth-order valence-corrected chi connectivity index (χ4v) is 2.05. The number of benzene rings is 1. The summed E-state index contributed by atoms with van der Waals surface area (Å²) in [5.41, 5.74) is 2.42. The first kappa shape index (κ1) is 15.7. The number of pyridine rings is 1. The first-order chi connectivity index (χ1) is 10.6. The summed E-state index contributed by atoms with van der Waals surface area (Å²) in [4.78, 5) is 27.0. The van der Waals surface area contributed by atoms with Crippen LogP contribution in [0.15, 0.2) is 48.8 Å². The zero-order chi connectivity index (χ0) is 15.8. The van der Waals surface area contributed by atoms with E-state index in [1.54, 1.807) is 30.5 Å². The number of amides is 2. The lowest BCUT2D eigenvalue weighted by atomic mass is 10.1. The summed E-state index contributed by atoms with van der Waals surface area (Å²) < 4.78 is 0. The van der Waals surface area contributed by atoms with Crippen molar-refractivity contribution in [2.45, 2.75) is 19.8 Å². The molecule has 0 aliphatic rings. The van der Waals surface area contributed by atoms with Gasteiger partial charge < -0.3 is 10.6 Å². The first-order valence-corrected chi connectivity index (χ1v) is 7.20. The van der Waals surface area contributed by atoms with Gasteiger partial charge in [0.1, 0.15) is 0 Å². The molecule has 22 heavy (non-hydrogen) atoms. The Labute approximate surface area is 129 Å². The number of anilines is 1. The van der Waals surface area contributed by atoms with Crippen LogP contribution in [0.5, 0.6) is 0 Å². The van der Waals surface area contributed by atoms with Gasteiger partial charge in [0, 0.05) is 37.1 Å². The van der Waals surface area contributed by atoms with Gasteiger partial charge in [-0.2, -0.15) is 0 Å². The molecular weight excluding hydrogens is 278 g/mol. The molecule has 114 valence electrons. The van der Waals surface area contributed by atoms with Crippen LogP contribution < -0.4 is 10.6 Å². The molecule has 0 bridgehead atoms. The standard InChI is InChI=1S/C17H19N3O2/c1-13(21)20-16-8-6-15(7-9-16)17(22)19-11-3-5-14-4-2-10-18-12-14/h2,4,6-10,12H,3,5,11H2,1H3,(H,19,22)(H,20,21). The van der Waals surface area contributed by atoms with Gasteiger partial charge in [-0.05, 0) is 48.7 Å². The normalized spacial score (nSPS) is 10.0. The average molecular weight is 297 g/mol. The third kappa shape index (κ3) is 5.01. The van der Waals surface area contributed by atoms with Crippen LogP contribution in [0.1, 0.15) is 29.3 Å². The molecule has 0 saturated heterocycles. The van der Waals surface area contributed by atoms with Gasteiger partial charge >= 0.3 is 0 Å². The molecule has 2 rings (SSSR count). The van der Waals surface area contributed by atoms with Crippen molar-refractivity contribution in [3.8, 4) is 0 Å². The van der Waals surface area contributed by atoms with E-state index >= 15 is 0 Å². The molecule has 1 aromatic carbocycles. The number of hydrogen-bond donors (Lipinski definition) is 2. The largest absolute Gasteiger partial charge is 0.352 e. The van der Waals surface area contributed by atoms with Gasteiger partial charge in [0.25, 0.3) is 5.91 Å². The van der Waals surface area contributed by atoms with Crippen molar-refractivity contribution in [3.63, 3.8) is 0 Å². The van der Waals surface area contributed by atoms with E-state index in [2.05, 4.69) is 15.6 Å². The molecule has 5 nitrogen and oxygen atoms in total. The van der Waals surface area contributed by atoms with Gasteiger partial charge in [-0.3, -0.25) is 14.6 Å². The van der Waals surface area contributed by atoms with E-state index in [-0.39, 0.29) is 11.8 Å². The van der Waals surface area contributed by atoms with Crippen LogP contribution in [0.4, 0.5) is 5.69 Å². The number of rotatable bonds is 6. The van der Waals surface area contributed by atoms with E-state index in [1.807, 2.05) is 18.3 Å². The molecule has 1 heterocycles. The molecule has 2 aromatic rings. The third-order valence-electron chi connectivity index (χ3n) is 3.12. The maximum atomic E-state index is 12.0. The Kier molecular flexibility index (Phi) is 5.65. The highest BCUT2D eigenvalue weighted by Gasteiger charge is 2.05. The second-order valence-electron chi connectivity index (χ2n) is 4.98. The van der Waals surface area contributed by atoms with E-state index < -0.39 is 0 Å². The molecule has 0 aliphatic carbocycles. The predicted octanol–water partition coefficient (Wildman–Crippen LogP) is 2.40. The van der Waals surface area contributed by atoms with Crippen molar-refractivity contribution in [2.75, 3.05) is 11.9 Å². The molecule has 0 saturated carbocycles. The molecular formula is C17H19N3O2. The lowest BCUT2D eigenvalue weighted by molar-refractivity contribution is -0.114. The Morgan fingerprint density at radius 3 is 2.55 bits per heavy atom. The van der Waals surface area contributed by atoms with Crippen LogP contribution >= 0.6 is 0 Å². The zero-order valence-electron chi connectivity index (χ0n) is 12.5. The van der Waals surface area contributed by atoms with Gasteiger partial charge in [0.2, 0.25) is 5.91 Å². The number of hydrogen-bond acceptors (Lipinski definition) is 3. The molecule has 0 aliphatic heterocycles. The van der Waals surface area contributed by atoms with Gasteiger partial charge in [-0.15, -0.1) is 0 Å². The summed E-state index contributed by atoms with van der Waals surface area (Å²) in [6, 6.07) is 10.8. The Balaban J connectivity index is 1.76. The minimum Gasteiger partial charge on any atom is -0.352 e. The maximum Gasteiger partial charge on any atom is 0.251 e. The summed E-state index contributed by atoms with van der Waals surface area (Å²) in [7, 11) is 0. The van der Waals surface area contributed by atoms with Crippen molar-refractivity contribution in [3.05, 3.63) is 59.9 Å². The van der Waals surface area contributed by atoms with Gasteiger partial charge in [-0.25, -0.2) is 0 Å². The Morgan fingerprint density at radius 2 is 1.91 bits per heavy atom. The van der Waals surface area contributed by atoms with Crippen molar-refractivity contribution < 1.29 is 9.59 Å². The Morgan fingerprint density at radius 1 is 1.14 bits per heavy atom. The molecule has 0 fully saturated rings. The fraction of sp³-hybridized carbons (Fsp3) is 0.235. The molecule has 0 atom stereocenters. The van der Waals surface area contributed by atoms with Crippen LogP contribution in [0.25, 0.3) is 0 Å². The molecule has 0 spiro atoms. The van der Waals surface area contributed by atoms with Crippen molar-refractivity contribution in [1.29, 1.82) is 0 Å². The molecule has 1 aromatic heterocycles. The lowest BCUT2D eigenvalue weighted by Crippen LogP contribution is -2.24. The highest BCUT2D eigenvalue weighted by Crippen LogP contribution is 2.09. The quantitative estimate of drug-likeness (QED) is 0.804. The number of carbonyl (C=O) groups is 2. The van der Waals surface area contributed by atoms with Gasteiger partial charge in [0.15, 0.2) is 0 Å². The van der Waals surface area contributed by atoms with E-state index in [9.17, 15) is 9.59 Å². The smallest absolute Gasteiger partial charge is 0.251 e. The van der Waals surface area contributed by atoms with Crippen LogP contribution in [0, 0.1) is 0 Å². The molecule has 2 N–H and O–H groups in total. The van der Waals surface area contributed by atoms with Crippen LogP contribution in [-0.4, -0.2) is 23.3 Å². The lowest BCUT2D eigenvalue weighted by Gasteiger charge is -2.06. The van der Waals surface area contributed by atoms with Gasteiger partial charge in [-0.1, -0.05) is 6.07 Å². The van der Waals surface area contributed by atoms with Crippen molar-refractivity contribution in [2.24, 2.45) is 0 Å². The second kappa shape index (κ2) is 7.93. The molecule has 0 unspecified atom stereocenters. The first-order valence-electron chi connectivity index (χ1n) is 7.20. The van der Waals surface area contributed by atoms with Gasteiger partial charge in [0.05, 0.1) is 0 Å². The van der Waals surface area contributed by atoms with E-state index in [0.29, 0.717) is 17.8 Å². The summed E-state index contributed by atoms with van der Waals surface area (Å²) in [6.45, 7) is 2.06. The fourth-order valence-electron chi connectivity index (χ4n) is 2.05. The average Bonchev–Trinajstić information content (AvgIpc) is 2.52. The Hall–Kier alpha value is -2.69. The SMILES string of the molecule is CC(=O)Nc1ccc(C(=O)NCCCc2cccnc2)cc1. The highest BCUT2D eigenvalue weighted by molar-refractivity contribution is 5.95. The minimum absolute atomic E-state index is 0.111.